The van der Waals surface area contributed by atoms with E-state index in [4.69, 9.17) is 9.57 Å². The molecular weight excluding hydrogens is 594 g/mol. The van der Waals surface area contributed by atoms with Gasteiger partial charge in [-0.3, -0.25) is 9.69 Å². The Bertz CT molecular complexity index is 1530. The highest BCUT2D eigenvalue weighted by Gasteiger charge is 2.29. The third-order valence-corrected chi connectivity index (χ3v) is 10.6. The van der Waals surface area contributed by atoms with Crippen molar-refractivity contribution >= 4 is 21.9 Å². The molecule has 3 fully saturated rings. The second-order valence-corrected chi connectivity index (χ2v) is 13.7. The highest BCUT2D eigenvalue weighted by atomic mass is 32.2. The number of hydrogen-bond acceptors (Lipinski definition) is 10. The maximum absolute atomic E-state index is 13.5. The van der Waals surface area contributed by atoms with Crippen molar-refractivity contribution in [3.05, 3.63) is 72.1 Å². The zero-order chi connectivity index (χ0) is 31.2. The fourth-order valence-electron chi connectivity index (χ4n) is 5.85. The van der Waals surface area contributed by atoms with Crippen LogP contribution in [-0.4, -0.2) is 111 Å². The van der Waals surface area contributed by atoms with Crippen LogP contribution in [0.1, 0.15) is 35.2 Å². The lowest BCUT2D eigenvalue weighted by Crippen LogP contribution is -2.49. The summed E-state index contributed by atoms with van der Waals surface area (Å²) in [5.41, 5.74) is 6.05. The number of aromatic nitrogens is 2. The van der Waals surface area contributed by atoms with Crippen molar-refractivity contribution in [1.82, 2.24) is 29.6 Å². The number of nitrogens with one attached hydrogen (secondary N) is 1. The van der Waals surface area contributed by atoms with Crippen molar-refractivity contribution in [2.75, 3.05) is 70.9 Å². The Labute approximate surface area is 264 Å². The summed E-state index contributed by atoms with van der Waals surface area (Å²) in [6.07, 6.45) is 5.15. The van der Waals surface area contributed by atoms with Crippen LogP contribution in [0, 0.1) is 0 Å². The zero-order valence-corrected chi connectivity index (χ0v) is 26.5. The minimum atomic E-state index is -3.66. The van der Waals surface area contributed by atoms with E-state index in [1.807, 2.05) is 23.1 Å². The second kappa shape index (κ2) is 14.3. The minimum absolute atomic E-state index is 0.265. The average Bonchev–Trinajstić information content (AvgIpc) is 3.09. The number of nitrogens with zero attached hydrogens (tertiary/aromatic N) is 6. The summed E-state index contributed by atoms with van der Waals surface area (Å²) in [5.74, 6) is -0.00380. The van der Waals surface area contributed by atoms with Crippen LogP contribution in [0.2, 0.25) is 0 Å². The number of hydroxylamine groups is 1. The average molecular weight is 636 g/mol. The summed E-state index contributed by atoms with van der Waals surface area (Å²) < 4.78 is 34.0. The van der Waals surface area contributed by atoms with E-state index in [0.29, 0.717) is 38.7 Å². The van der Waals surface area contributed by atoms with Crippen molar-refractivity contribution in [2.45, 2.75) is 37.0 Å². The molecule has 240 valence electrons. The number of piperazine rings is 2. The topological polar surface area (TPSA) is 120 Å². The summed E-state index contributed by atoms with van der Waals surface area (Å²) in [5, 5.41) is 0. The fraction of sp³-hybridized carbons (Fsp3) is 0.469. The van der Waals surface area contributed by atoms with Gasteiger partial charge in [-0.15, -0.1) is 0 Å². The molecule has 0 bridgehead atoms. The van der Waals surface area contributed by atoms with Crippen LogP contribution >= 0.6 is 0 Å². The normalized spacial score (nSPS) is 20.6. The van der Waals surface area contributed by atoms with E-state index < -0.39 is 22.2 Å². The van der Waals surface area contributed by atoms with Gasteiger partial charge >= 0.3 is 0 Å². The van der Waals surface area contributed by atoms with E-state index in [1.54, 1.807) is 12.1 Å². The quantitative estimate of drug-likeness (QED) is 0.352. The van der Waals surface area contributed by atoms with Gasteiger partial charge < -0.3 is 14.5 Å². The number of hydrogen-bond donors (Lipinski definition) is 1. The van der Waals surface area contributed by atoms with Crippen LogP contribution in [0.4, 0.5) is 5.95 Å². The van der Waals surface area contributed by atoms with Gasteiger partial charge in [0, 0.05) is 84.3 Å². The molecule has 2 aromatic carbocycles. The largest absolute Gasteiger partial charge is 0.350 e. The van der Waals surface area contributed by atoms with Gasteiger partial charge in [0.25, 0.3) is 5.91 Å². The van der Waals surface area contributed by atoms with Gasteiger partial charge in [-0.2, -0.15) is 4.31 Å². The Balaban J connectivity index is 1.03. The predicted octanol–water partition coefficient (Wildman–Crippen LogP) is 2.59. The first kappa shape index (κ1) is 31.5. The van der Waals surface area contributed by atoms with Crippen molar-refractivity contribution in [1.29, 1.82) is 0 Å². The lowest BCUT2D eigenvalue weighted by atomic mass is 9.99. The first-order chi connectivity index (χ1) is 21.9. The molecule has 1 aromatic heterocycles. The molecule has 3 saturated heterocycles. The van der Waals surface area contributed by atoms with Crippen LogP contribution in [-0.2, 0) is 26.1 Å². The van der Waals surface area contributed by atoms with E-state index in [9.17, 15) is 13.2 Å². The molecule has 1 unspecified atom stereocenters. The Kier molecular flexibility index (Phi) is 10.0. The van der Waals surface area contributed by atoms with Gasteiger partial charge in [-0.1, -0.05) is 36.4 Å². The molecule has 0 spiro atoms. The van der Waals surface area contributed by atoms with Crippen molar-refractivity contribution < 1.29 is 22.8 Å². The fourth-order valence-corrected chi connectivity index (χ4v) is 7.28. The summed E-state index contributed by atoms with van der Waals surface area (Å²) >= 11 is 0. The van der Waals surface area contributed by atoms with E-state index in [0.717, 1.165) is 63.1 Å². The van der Waals surface area contributed by atoms with Crippen LogP contribution in [0.15, 0.2) is 65.8 Å². The first-order valence-electron chi connectivity index (χ1n) is 15.6. The molecule has 4 heterocycles. The molecule has 3 aromatic rings. The molecule has 0 saturated carbocycles. The molecule has 13 heteroatoms. The molecule has 12 nitrogen and oxygen atoms in total. The lowest BCUT2D eigenvalue weighted by molar-refractivity contribution is -0.186. The smallest absolute Gasteiger partial charge is 0.278 e. The highest BCUT2D eigenvalue weighted by molar-refractivity contribution is 7.89. The maximum Gasteiger partial charge on any atom is 0.278 e. The standard InChI is InChI=1S/C32H41N7O5S/c1-36-13-15-37(16-14-36)24-26-6-2-3-7-29(26)25-9-11-28(12-10-25)45(41,42)39-19-17-38(18-20-39)32-33-22-27(23-34-32)31(40)35-44-30-8-4-5-21-43-30/h2-3,6-7,9-12,22-23,30H,4-5,8,13-21,24H2,1H3,(H,35,40). The van der Waals surface area contributed by atoms with E-state index in [-0.39, 0.29) is 10.5 Å². The Morgan fingerprint density at radius 2 is 1.64 bits per heavy atom. The van der Waals surface area contributed by atoms with Gasteiger partial charge in [-0.25, -0.2) is 28.7 Å². The van der Waals surface area contributed by atoms with Crippen molar-refractivity contribution in [2.24, 2.45) is 0 Å². The van der Waals surface area contributed by atoms with E-state index in [1.165, 1.54) is 22.3 Å². The molecule has 6 rings (SSSR count). The predicted molar refractivity (Wildman–Crippen MR) is 170 cm³/mol. The summed E-state index contributed by atoms with van der Waals surface area (Å²) in [7, 11) is -1.51. The SMILES string of the molecule is CN1CCN(Cc2ccccc2-c2ccc(S(=O)(=O)N3CCN(c4ncc(C(=O)NOC5CCCCO5)cn4)CC3)cc2)CC1. The van der Waals surface area contributed by atoms with Crippen LogP contribution < -0.4 is 10.4 Å². The molecule has 3 aliphatic heterocycles. The molecule has 1 atom stereocenters. The van der Waals surface area contributed by atoms with Gasteiger partial charge in [0.15, 0.2) is 6.29 Å². The third kappa shape index (κ3) is 7.68. The summed E-state index contributed by atoms with van der Waals surface area (Å²) in [6.45, 7) is 7.17. The number of carbonyl (C=O) groups excluding carboxylic acids is 1. The summed E-state index contributed by atoms with van der Waals surface area (Å²) in [4.78, 5) is 33.4. The Morgan fingerprint density at radius 3 is 2.33 bits per heavy atom. The van der Waals surface area contributed by atoms with Crippen molar-refractivity contribution in [3.63, 3.8) is 0 Å². The first-order valence-corrected chi connectivity index (χ1v) is 17.0. The lowest BCUT2D eigenvalue weighted by Gasteiger charge is -2.34. The zero-order valence-electron chi connectivity index (χ0n) is 25.7. The van der Waals surface area contributed by atoms with Crippen LogP contribution in [0.3, 0.4) is 0 Å². The monoisotopic (exact) mass is 635 g/mol. The van der Waals surface area contributed by atoms with Gasteiger partial charge in [0.1, 0.15) is 0 Å². The number of carbonyl (C=O) groups is 1. The molecule has 0 radical (unpaired) electrons. The van der Waals surface area contributed by atoms with E-state index in [2.05, 4.69) is 50.5 Å². The molecule has 0 aliphatic carbocycles. The maximum atomic E-state index is 13.5. The van der Waals surface area contributed by atoms with Crippen molar-refractivity contribution in [3.8, 4) is 11.1 Å². The molecule has 3 aliphatic rings. The van der Waals surface area contributed by atoms with Gasteiger partial charge in [0.05, 0.1) is 10.5 Å². The number of sulfonamides is 1. The molecular formula is C32H41N7O5S. The minimum Gasteiger partial charge on any atom is -0.350 e. The highest BCUT2D eigenvalue weighted by Crippen LogP contribution is 2.28. The van der Waals surface area contributed by atoms with Gasteiger partial charge in [-0.05, 0) is 48.7 Å². The number of amides is 1. The van der Waals surface area contributed by atoms with Crippen LogP contribution in [0.5, 0.6) is 0 Å². The second-order valence-electron chi connectivity index (χ2n) is 11.8. The summed E-state index contributed by atoms with van der Waals surface area (Å²) in [6, 6.07) is 15.6. The molecule has 1 amide bonds. The number of ether oxygens (including phenoxy) is 1. The third-order valence-electron chi connectivity index (χ3n) is 8.65. The van der Waals surface area contributed by atoms with E-state index >= 15 is 0 Å². The van der Waals surface area contributed by atoms with Gasteiger partial charge in [0.2, 0.25) is 16.0 Å². The molecule has 1 N–H and O–H groups in total. The van der Waals surface area contributed by atoms with Crippen LogP contribution in [0.25, 0.3) is 11.1 Å². The number of rotatable bonds is 9. The molecule has 45 heavy (non-hydrogen) atoms. The number of anilines is 1. The number of likely N-dealkylation sites (N-methyl/N-ethyl adjacent to an activating group) is 1. The Morgan fingerprint density at radius 1 is 0.933 bits per heavy atom. The number of benzene rings is 2. The Hall–Kier alpha value is -3.46.